The van der Waals surface area contributed by atoms with Crippen molar-refractivity contribution in [3.05, 3.63) is 56.7 Å². The fraction of sp³-hybridized carbons (Fsp3) is 0.350. The Morgan fingerprint density at radius 1 is 1.38 bits per heavy atom. The average molecular weight is 537 g/mol. The number of piperidine rings is 1. The molecule has 2 N–H and O–H groups in total. The number of nitriles is 1. The molecule has 29 heavy (non-hydrogen) atoms. The zero-order valence-electron chi connectivity index (χ0n) is 15.5. The Labute approximate surface area is 189 Å². The van der Waals surface area contributed by atoms with Gasteiger partial charge < -0.3 is 10.6 Å². The number of halogens is 2. The second-order valence-electron chi connectivity index (χ2n) is 7.08. The van der Waals surface area contributed by atoms with Gasteiger partial charge in [0.25, 0.3) is 5.56 Å². The van der Waals surface area contributed by atoms with E-state index in [-0.39, 0.29) is 15.3 Å². The van der Waals surface area contributed by atoms with E-state index < -0.39 is 0 Å². The van der Waals surface area contributed by atoms with Crippen molar-refractivity contribution in [2.75, 3.05) is 18.0 Å². The summed E-state index contributed by atoms with van der Waals surface area (Å²) in [6.07, 6.45) is 1.93. The molecule has 0 saturated carbocycles. The summed E-state index contributed by atoms with van der Waals surface area (Å²) in [7, 11) is 0. The van der Waals surface area contributed by atoms with Crippen LogP contribution in [0.1, 0.15) is 32.6 Å². The van der Waals surface area contributed by atoms with Crippen molar-refractivity contribution in [3.8, 4) is 6.07 Å². The van der Waals surface area contributed by atoms with Crippen molar-refractivity contribution in [2.45, 2.75) is 29.2 Å². The molecular weight excluding hydrogens is 518 g/mol. The summed E-state index contributed by atoms with van der Waals surface area (Å²) >= 11 is 8.44. The molecule has 1 unspecified atom stereocenters. The molecule has 6 nitrogen and oxygen atoms in total. The highest BCUT2D eigenvalue weighted by molar-refractivity contribution is 9.24. The van der Waals surface area contributed by atoms with E-state index in [1.165, 1.54) is 11.3 Å². The normalized spacial score (nSPS) is 17.1. The van der Waals surface area contributed by atoms with E-state index in [0.29, 0.717) is 34.8 Å². The van der Waals surface area contributed by atoms with Crippen molar-refractivity contribution in [3.63, 3.8) is 0 Å². The van der Waals surface area contributed by atoms with Gasteiger partial charge in [-0.15, -0.1) is 11.3 Å². The second kappa shape index (κ2) is 8.56. The number of nitrogens with two attached hydrogens (primary N) is 1. The van der Waals surface area contributed by atoms with E-state index in [1.54, 1.807) is 10.6 Å². The lowest BCUT2D eigenvalue weighted by Crippen LogP contribution is -2.45. The number of benzene rings is 1. The molecule has 0 aliphatic carbocycles. The third-order valence-electron chi connectivity index (χ3n) is 5.05. The lowest BCUT2D eigenvalue weighted by atomic mass is 10.1. The quantitative estimate of drug-likeness (QED) is 0.507. The molecule has 0 spiro atoms. The van der Waals surface area contributed by atoms with E-state index in [0.717, 1.165) is 29.8 Å². The second-order valence-corrected chi connectivity index (χ2v) is 11.2. The van der Waals surface area contributed by atoms with Crippen molar-refractivity contribution in [2.24, 2.45) is 5.73 Å². The molecule has 1 saturated heterocycles. The van der Waals surface area contributed by atoms with Gasteiger partial charge in [0.05, 0.1) is 23.7 Å². The van der Waals surface area contributed by atoms with Gasteiger partial charge in [0.1, 0.15) is 8.44 Å². The van der Waals surface area contributed by atoms with Gasteiger partial charge in [-0.05, 0) is 30.5 Å². The first kappa shape index (κ1) is 20.5. The number of hydrogen-bond acceptors (Lipinski definition) is 6. The maximum atomic E-state index is 13.5. The Kier molecular flexibility index (Phi) is 6.06. The van der Waals surface area contributed by atoms with Crippen LogP contribution in [-0.4, -0.2) is 28.7 Å². The molecule has 150 valence electrons. The topological polar surface area (TPSA) is 87.9 Å². The summed E-state index contributed by atoms with van der Waals surface area (Å²) in [5, 5.41) is 9.47. The molecule has 1 aromatic carbocycles. The third kappa shape index (κ3) is 4.12. The highest BCUT2D eigenvalue weighted by atomic mass is 79.9. The lowest BCUT2D eigenvalue weighted by Gasteiger charge is -2.33. The fourth-order valence-electron chi connectivity index (χ4n) is 3.64. The molecule has 0 radical (unpaired) electrons. The van der Waals surface area contributed by atoms with Crippen LogP contribution < -0.4 is 16.2 Å². The van der Waals surface area contributed by atoms with Crippen molar-refractivity contribution in [1.82, 2.24) is 9.55 Å². The zero-order chi connectivity index (χ0) is 20.5. The smallest absolute Gasteiger partial charge is 0.273 e. The minimum Gasteiger partial charge on any atom is -0.341 e. The van der Waals surface area contributed by atoms with Gasteiger partial charge in [-0.3, -0.25) is 9.36 Å². The molecule has 3 heterocycles. The molecule has 9 heteroatoms. The monoisotopic (exact) mass is 535 g/mol. The molecule has 3 aromatic rings. The summed E-state index contributed by atoms with van der Waals surface area (Å²) in [5.74, 6) is 0.621. The van der Waals surface area contributed by atoms with Gasteiger partial charge in [-0.1, -0.05) is 50.1 Å². The summed E-state index contributed by atoms with van der Waals surface area (Å²) in [6.45, 7) is 1.77. The van der Waals surface area contributed by atoms with Crippen LogP contribution in [0, 0.1) is 11.3 Å². The van der Waals surface area contributed by atoms with Gasteiger partial charge in [0, 0.05) is 24.0 Å². The minimum atomic E-state index is -0.0891. The van der Waals surface area contributed by atoms with Crippen LogP contribution in [0.15, 0.2) is 35.1 Å². The molecule has 1 atom stereocenters. The molecule has 0 bridgehead atoms. The summed E-state index contributed by atoms with van der Waals surface area (Å²) in [4.78, 5) is 21.4. The number of hydrogen-bond donors (Lipinski definition) is 1. The highest BCUT2D eigenvalue weighted by Crippen LogP contribution is 2.36. The van der Waals surface area contributed by atoms with E-state index in [1.807, 2.05) is 24.3 Å². The van der Waals surface area contributed by atoms with Crippen molar-refractivity contribution < 1.29 is 0 Å². The van der Waals surface area contributed by atoms with Gasteiger partial charge in [-0.2, -0.15) is 5.26 Å². The Morgan fingerprint density at radius 3 is 2.90 bits per heavy atom. The maximum absolute atomic E-state index is 13.5. The minimum absolute atomic E-state index is 0.0341. The van der Waals surface area contributed by atoms with Crippen LogP contribution in [0.2, 0.25) is 0 Å². The largest absolute Gasteiger partial charge is 0.341 e. The number of anilines is 1. The van der Waals surface area contributed by atoms with Crippen molar-refractivity contribution in [1.29, 1.82) is 5.26 Å². The first-order valence-corrected chi connectivity index (χ1v) is 11.9. The van der Waals surface area contributed by atoms with Crippen LogP contribution in [0.3, 0.4) is 0 Å². The van der Waals surface area contributed by atoms with E-state index in [2.05, 4.69) is 42.8 Å². The summed E-state index contributed by atoms with van der Waals surface area (Å²) in [5.41, 5.74) is 8.16. The first-order valence-electron chi connectivity index (χ1n) is 9.29. The van der Waals surface area contributed by atoms with Gasteiger partial charge in [0.2, 0.25) is 5.95 Å². The van der Waals surface area contributed by atoms with Gasteiger partial charge in [0.15, 0.2) is 0 Å². The number of nitrogens with zero attached hydrogens (tertiary/aromatic N) is 4. The predicted octanol–water partition coefficient (Wildman–Crippen LogP) is 4.09. The fourth-order valence-corrected chi connectivity index (χ4v) is 5.37. The van der Waals surface area contributed by atoms with Crippen LogP contribution in [0.5, 0.6) is 0 Å². The Morgan fingerprint density at radius 2 is 2.17 bits per heavy atom. The van der Waals surface area contributed by atoms with Crippen LogP contribution in [0.25, 0.3) is 10.2 Å². The molecule has 0 amide bonds. The predicted molar refractivity (Wildman–Crippen MR) is 124 cm³/mol. The molecule has 1 aliphatic rings. The van der Waals surface area contributed by atoms with Crippen LogP contribution >= 0.6 is 43.2 Å². The van der Waals surface area contributed by atoms with E-state index in [9.17, 15) is 10.1 Å². The summed E-state index contributed by atoms with van der Waals surface area (Å²) < 4.78 is 2.27. The van der Waals surface area contributed by atoms with Crippen LogP contribution in [0.4, 0.5) is 5.95 Å². The van der Waals surface area contributed by atoms with Crippen LogP contribution in [-0.2, 0) is 6.54 Å². The SMILES string of the molecule is N#Cc1ccccc1Cn1c(N2CCCC(N)C2)nc2cc(C(Br)Br)sc2c1=O. The van der Waals surface area contributed by atoms with E-state index in [4.69, 9.17) is 10.7 Å². The van der Waals surface area contributed by atoms with Gasteiger partial charge in [-0.25, -0.2) is 4.98 Å². The molecule has 4 rings (SSSR count). The zero-order valence-corrected chi connectivity index (χ0v) is 19.5. The van der Waals surface area contributed by atoms with E-state index >= 15 is 0 Å². The van der Waals surface area contributed by atoms with Gasteiger partial charge >= 0.3 is 0 Å². The number of rotatable bonds is 4. The lowest BCUT2D eigenvalue weighted by molar-refractivity contribution is 0.492. The third-order valence-corrected chi connectivity index (χ3v) is 7.82. The average Bonchev–Trinajstić information content (AvgIpc) is 3.15. The molecule has 1 aliphatic heterocycles. The number of aromatic nitrogens is 2. The molecule has 2 aromatic heterocycles. The highest BCUT2D eigenvalue weighted by Gasteiger charge is 2.24. The Bertz CT molecular complexity index is 1150. The number of alkyl halides is 2. The van der Waals surface area contributed by atoms with Crippen molar-refractivity contribution >= 4 is 59.4 Å². The Balaban J connectivity index is 1.89. The first-order chi connectivity index (χ1) is 14.0. The number of fused-ring (bicyclic) bond motifs is 1. The molecular formula is C20H19Br2N5OS. The molecule has 1 fully saturated rings. The standard InChI is InChI=1S/C20H19Br2N5OS/c21-18(22)16-8-15-17(29-16)19(28)27(10-13-5-2-1-4-12(13)9-23)20(25-15)26-7-3-6-14(24)11-26/h1-2,4-5,8,14,18H,3,6-7,10-11,24H2. The Hall–Kier alpha value is -1.73. The number of thiophene rings is 1. The maximum Gasteiger partial charge on any atom is 0.273 e. The summed E-state index contributed by atoms with van der Waals surface area (Å²) in [6, 6.07) is 11.6.